The Morgan fingerprint density at radius 3 is 0.676 bits per heavy atom. The van der Waals surface area contributed by atoms with Gasteiger partial charge >= 0.3 is 0 Å². The van der Waals surface area contributed by atoms with Crippen LogP contribution >= 0.6 is 63.7 Å². The van der Waals surface area contributed by atoms with Gasteiger partial charge in [-0.2, -0.15) is 0 Å². The second-order valence-corrected chi connectivity index (χ2v) is 20.7. The highest BCUT2D eigenvalue weighted by Gasteiger charge is 2.29. The Bertz CT molecular complexity index is 3520. The third-order valence-electron chi connectivity index (χ3n) is 13.2. The molecule has 8 aromatic carbocycles. The summed E-state index contributed by atoms with van der Waals surface area (Å²) in [6, 6.07) is 69.3. The van der Waals surface area contributed by atoms with Crippen LogP contribution in [0.25, 0.3) is 133 Å². The number of hydrogen-bond acceptors (Lipinski definition) is 2. The van der Waals surface area contributed by atoms with Gasteiger partial charge in [-0.3, -0.25) is 0 Å². The molecule has 0 spiro atoms. The predicted octanol–water partition coefficient (Wildman–Crippen LogP) is 19.0. The van der Waals surface area contributed by atoms with Crippen LogP contribution in [0.2, 0.25) is 0 Å². The number of aromatic nitrogens is 4. The zero-order chi connectivity index (χ0) is 45.6. The molecule has 2 aromatic heterocycles. The lowest BCUT2D eigenvalue weighted by Gasteiger charge is -2.09. The molecule has 1 aliphatic carbocycles. The molecule has 0 fully saturated rings. The van der Waals surface area contributed by atoms with Gasteiger partial charge in [-0.25, -0.2) is 9.97 Å². The molecule has 10 aromatic rings. The van der Waals surface area contributed by atoms with Gasteiger partial charge in [0.2, 0.25) is 0 Å². The van der Waals surface area contributed by atoms with Gasteiger partial charge in [-0.05, 0) is 70.8 Å². The van der Waals surface area contributed by atoms with Crippen LogP contribution < -0.4 is 0 Å². The van der Waals surface area contributed by atoms with Gasteiger partial charge < -0.3 is 9.97 Å². The molecule has 4 heterocycles. The fourth-order valence-electron chi connectivity index (χ4n) is 10.2. The molecular formula is C60H34Br4N4. The summed E-state index contributed by atoms with van der Waals surface area (Å²) in [5.41, 5.74) is 19.9. The molecule has 68 heavy (non-hydrogen) atoms. The van der Waals surface area contributed by atoms with Crippen LogP contribution in [-0.4, -0.2) is 19.9 Å². The Balaban J connectivity index is 1.38. The van der Waals surface area contributed by atoms with E-state index in [9.17, 15) is 0 Å². The first-order valence-corrected chi connectivity index (χ1v) is 25.4. The smallest absolute Gasteiger partial charge is 0.0816 e. The van der Waals surface area contributed by atoms with Gasteiger partial charge in [-0.1, -0.05) is 209 Å². The third kappa shape index (κ3) is 6.72. The van der Waals surface area contributed by atoms with Crippen molar-refractivity contribution in [2.24, 2.45) is 0 Å². The van der Waals surface area contributed by atoms with E-state index in [0.29, 0.717) is 0 Å². The van der Waals surface area contributed by atoms with Gasteiger partial charge in [0.25, 0.3) is 0 Å². The van der Waals surface area contributed by atoms with E-state index in [1.165, 1.54) is 0 Å². The Kier molecular flexibility index (Phi) is 10.1. The molecule has 0 saturated heterocycles. The summed E-state index contributed by atoms with van der Waals surface area (Å²) >= 11 is 15.0. The number of benzene rings is 8. The van der Waals surface area contributed by atoms with E-state index in [-0.39, 0.29) is 0 Å². The quantitative estimate of drug-likeness (QED) is 0.184. The van der Waals surface area contributed by atoms with Crippen molar-refractivity contribution in [1.82, 2.24) is 19.9 Å². The zero-order valence-corrected chi connectivity index (χ0v) is 42.2. The standard InChI is InChI=1S/C60H34Br4N4/c61-37-25-17-33(18-26-37)49-53-41-9-1-2-10-42(41)54(65-53)50(34-19-27-38(62)28-20-34)56-45-13-5-6-14-46(45)58(67-56)52(36-23-31-40(64)32-24-36)60-48-16-8-7-15-47(48)59(68-60)51(35-21-29-39(63)30-22-35)57-44-12-4-3-11-43(44)55(49)66-57/h1-32,65,68H. The average Bonchev–Trinajstić information content (AvgIpc) is 4.14. The van der Waals surface area contributed by atoms with Crippen LogP contribution in [-0.2, 0) is 0 Å². The Morgan fingerprint density at radius 1 is 0.250 bits per heavy atom. The summed E-state index contributed by atoms with van der Waals surface area (Å²) in [7, 11) is 0. The minimum Gasteiger partial charge on any atom is -0.353 e. The second kappa shape index (κ2) is 16.5. The Hall–Kier alpha value is -6.68. The zero-order valence-electron chi connectivity index (χ0n) is 35.9. The minimum absolute atomic E-state index is 0.890. The molecule has 3 aliphatic rings. The normalized spacial score (nSPS) is 11.8. The molecule has 0 radical (unpaired) electrons. The number of aromatic amines is 2. The summed E-state index contributed by atoms with van der Waals surface area (Å²) < 4.78 is 4.01. The first-order valence-electron chi connectivity index (χ1n) is 22.2. The molecule has 322 valence electrons. The van der Waals surface area contributed by atoms with Crippen molar-refractivity contribution < 1.29 is 0 Å². The van der Waals surface area contributed by atoms with Gasteiger partial charge in [0.15, 0.2) is 0 Å². The Labute approximate surface area is 425 Å². The third-order valence-corrected chi connectivity index (χ3v) is 15.3. The molecule has 0 saturated carbocycles. The number of hydrogen-bond donors (Lipinski definition) is 2. The average molecular weight is 1130 g/mol. The summed E-state index contributed by atoms with van der Waals surface area (Å²) in [4.78, 5) is 20.1. The largest absolute Gasteiger partial charge is 0.353 e. The number of rotatable bonds is 4. The molecule has 8 heteroatoms. The molecule has 2 aliphatic heterocycles. The van der Waals surface area contributed by atoms with Crippen LogP contribution in [0.4, 0.5) is 0 Å². The minimum atomic E-state index is 0.890. The number of nitrogens with zero attached hydrogens (tertiary/aromatic N) is 2. The number of nitrogens with one attached hydrogen (secondary N) is 2. The van der Waals surface area contributed by atoms with E-state index >= 15 is 0 Å². The lowest BCUT2D eigenvalue weighted by Crippen LogP contribution is -1.88. The number of halogens is 4. The fourth-order valence-corrected chi connectivity index (χ4v) is 11.3. The van der Waals surface area contributed by atoms with E-state index in [0.717, 1.165) is 151 Å². The van der Waals surface area contributed by atoms with Gasteiger partial charge in [0.1, 0.15) is 0 Å². The molecule has 4 nitrogen and oxygen atoms in total. The van der Waals surface area contributed by atoms with Crippen molar-refractivity contribution in [3.63, 3.8) is 0 Å². The fraction of sp³-hybridized carbons (Fsp3) is 0. The molecular weight excluding hydrogens is 1100 g/mol. The maximum atomic E-state index is 5.92. The predicted molar refractivity (Wildman–Crippen MR) is 297 cm³/mol. The van der Waals surface area contributed by atoms with Gasteiger partial charge in [-0.15, -0.1) is 0 Å². The van der Waals surface area contributed by atoms with E-state index in [1.807, 2.05) is 0 Å². The molecule has 2 N–H and O–H groups in total. The second-order valence-electron chi connectivity index (χ2n) is 17.1. The van der Waals surface area contributed by atoms with Crippen molar-refractivity contribution >= 4 is 107 Å². The monoisotopic (exact) mass is 1130 g/mol. The molecule has 0 amide bonds. The highest BCUT2D eigenvalue weighted by Crippen LogP contribution is 2.52. The van der Waals surface area contributed by atoms with E-state index < -0.39 is 0 Å². The van der Waals surface area contributed by atoms with E-state index in [1.54, 1.807) is 0 Å². The van der Waals surface area contributed by atoms with Crippen molar-refractivity contribution in [3.8, 4) is 89.5 Å². The SMILES string of the molecule is Brc1ccc(-c2c3nc(c(-c4ccc(Br)cc4)c4[nH]c(c(-c5ccc(Br)cc5)c5nc(c(-c6ccc(Br)cc6)c6[nH]c2c2ccccc62)-c2ccccc2-5)c2ccccc42)-c2ccccc2-3)cc1. The van der Waals surface area contributed by atoms with Crippen LogP contribution in [0.5, 0.6) is 0 Å². The first kappa shape index (κ1) is 41.5. The molecule has 0 atom stereocenters. The van der Waals surface area contributed by atoms with Crippen molar-refractivity contribution in [1.29, 1.82) is 0 Å². The van der Waals surface area contributed by atoms with Gasteiger partial charge in [0, 0.05) is 83.9 Å². The van der Waals surface area contributed by atoms with Crippen molar-refractivity contribution in [2.75, 3.05) is 0 Å². The van der Waals surface area contributed by atoms with E-state index in [2.05, 4.69) is 268 Å². The lowest BCUT2D eigenvalue weighted by molar-refractivity contribution is 1.39. The lowest BCUT2D eigenvalue weighted by atomic mass is 9.93. The summed E-state index contributed by atoms with van der Waals surface area (Å²) in [5, 5.41) is 4.34. The Morgan fingerprint density at radius 2 is 0.456 bits per heavy atom. The van der Waals surface area contributed by atoms with Crippen molar-refractivity contribution in [2.45, 2.75) is 0 Å². The van der Waals surface area contributed by atoms with Crippen LogP contribution in [0.3, 0.4) is 0 Å². The number of H-pyrrole nitrogens is 2. The van der Waals surface area contributed by atoms with Crippen LogP contribution in [0.15, 0.2) is 212 Å². The highest BCUT2D eigenvalue weighted by atomic mass is 79.9. The van der Waals surface area contributed by atoms with Crippen LogP contribution in [0.1, 0.15) is 0 Å². The maximum absolute atomic E-state index is 5.92. The molecule has 8 bridgehead atoms. The van der Waals surface area contributed by atoms with E-state index in [4.69, 9.17) is 9.97 Å². The highest BCUT2D eigenvalue weighted by molar-refractivity contribution is 9.11. The summed E-state index contributed by atoms with van der Waals surface area (Å²) in [6.45, 7) is 0. The molecule has 0 unspecified atom stereocenters. The van der Waals surface area contributed by atoms with Crippen molar-refractivity contribution in [3.05, 3.63) is 212 Å². The van der Waals surface area contributed by atoms with Crippen LogP contribution in [0, 0.1) is 0 Å². The molecule has 13 rings (SSSR count). The summed E-state index contributed by atoms with van der Waals surface area (Å²) in [6.07, 6.45) is 0. The maximum Gasteiger partial charge on any atom is 0.0816 e. The summed E-state index contributed by atoms with van der Waals surface area (Å²) in [5.74, 6) is 0. The van der Waals surface area contributed by atoms with Gasteiger partial charge in [0.05, 0.1) is 44.8 Å². The topological polar surface area (TPSA) is 57.4 Å². The first-order chi connectivity index (χ1) is 33.4.